The number of rotatable bonds is 12. The summed E-state index contributed by atoms with van der Waals surface area (Å²) in [6.07, 6.45) is 1.88. The van der Waals surface area contributed by atoms with Gasteiger partial charge >= 0.3 is 0 Å². The minimum absolute atomic E-state index is 0.0104. The summed E-state index contributed by atoms with van der Waals surface area (Å²) in [5, 5.41) is 15.3. The molecule has 1 aromatic rings. The van der Waals surface area contributed by atoms with Gasteiger partial charge in [-0.1, -0.05) is 22.9 Å². The first-order valence-electron chi connectivity index (χ1n) is 13.5. The Balaban J connectivity index is 1.62. The molecule has 3 amide bonds. The van der Waals surface area contributed by atoms with E-state index in [1.807, 2.05) is 31.2 Å². The number of carbonyl (C=O) groups excluding carboxylic acids is 3. The van der Waals surface area contributed by atoms with Crippen LogP contribution in [0.15, 0.2) is 24.3 Å². The summed E-state index contributed by atoms with van der Waals surface area (Å²) in [6, 6.07) is 6.83. The molecule has 4 rings (SSSR count). The maximum atomic E-state index is 13.9. The van der Waals surface area contributed by atoms with E-state index >= 15 is 0 Å². The molecule has 0 radical (unpaired) electrons. The number of hydrogen-bond acceptors (Lipinski definition) is 6. The summed E-state index contributed by atoms with van der Waals surface area (Å²) < 4.78 is 6.48. The molecule has 3 unspecified atom stereocenters. The number of unbranched alkanes of at least 4 members (excludes halogenated alkanes) is 1. The van der Waals surface area contributed by atoms with E-state index in [9.17, 15) is 19.5 Å². The first-order valence-corrected chi connectivity index (χ1v) is 14.4. The van der Waals surface area contributed by atoms with Gasteiger partial charge in [0.05, 0.1) is 17.9 Å². The largest absolute Gasteiger partial charge is 0.396 e. The summed E-state index contributed by atoms with van der Waals surface area (Å²) in [5.74, 6) is -2.08. The molecule has 2 bridgehead atoms. The maximum absolute atomic E-state index is 13.9. The summed E-state index contributed by atoms with van der Waals surface area (Å²) in [5.41, 5.74) is 0.641. The maximum Gasteiger partial charge on any atom is 0.250 e. The Morgan fingerprint density at radius 3 is 2.49 bits per heavy atom. The molecule has 1 aromatic carbocycles. The molecule has 204 valence electrons. The number of nitrogens with one attached hydrogen (secondary N) is 2. The molecule has 3 aliphatic rings. The number of amides is 3. The monoisotopic (exact) mass is 578 g/mol. The summed E-state index contributed by atoms with van der Waals surface area (Å²) in [4.78, 5) is 44.5. The van der Waals surface area contributed by atoms with Crippen molar-refractivity contribution in [1.29, 1.82) is 0 Å². The predicted octanol–water partition coefficient (Wildman–Crippen LogP) is 2.52. The third-order valence-electron chi connectivity index (χ3n) is 7.96. The Bertz CT molecular complexity index is 988. The van der Waals surface area contributed by atoms with E-state index in [2.05, 4.69) is 45.3 Å². The van der Waals surface area contributed by atoms with Crippen molar-refractivity contribution < 1.29 is 24.2 Å². The van der Waals surface area contributed by atoms with Crippen molar-refractivity contribution >= 4 is 45.0 Å². The lowest BCUT2D eigenvalue weighted by molar-refractivity contribution is -0.140. The quantitative estimate of drug-likeness (QED) is 0.259. The number of aliphatic hydroxyl groups excluding tert-OH is 1. The number of ether oxygens (including phenoxy) is 1. The van der Waals surface area contributed by atoms with Crippen molar-refractivity contribution in [3.8, 4) is 0 Å². The smallest absolute Gasteiger partial charge is 0.250 e. The van der Waals surface area contributed by atoms with Crippen LogP contribution in [-0.4, -0.2) is 83.1 Å². The molecule has 0 saturated carbocycles. The number of benzene rings is 1. The zero-order valence-corrected chi connectivity index (χ0v) is 23.5. The van der Waals surface area contributed by atoms with Crippen molar-refractivity contribution in [2.24, 2.45) is 11.8 Å². The molecule has 3 aliphatic heterocycles. The molecule has 6 atom stereocenters. The predicted molar refractivity (Wildman–Crippen MR) is 146 cm³/mol. The Hall–Kier alpha value is -2.17. The fourth-order valence-electron chi connectivity index (χ4n) is 6.29. The van der Waals surface area contributed by atoms with Gasteiger partial charge in [-0.15, -0.1) is 0 Å². The molecule has 1 spiro atoms. The van der Waals surface area contributed by atoms with Gasteiger partial charge in [0.2, 0.25) is 17.7 Å². The molecule has 3 heterocycles. The van der Waals surface area contributed by atoms with Crippen molar-refractivity contribution in [2.45, 2.75) is 69.0 Å². The number of carbonyl (C=O) groups is 3. The number of anilines is 2. The van der Waals surface area contributed by atoms with Gasteiger partial charge < -0.3 is 30.3 Å². The number of hydrogen-bond donors (Lipinski definition) is 3. The Morgan fingerprint density at radius 1 is 1.16 bits per heavy atom. The van der Waals surface area contributed by atoms with Gasteiger partial charge in [0.1, 0.15) is 11.6 Å². The van der Waals surface area contributed by atoms with Crippen LogP contribution in [0.4, 0.5) is 11.4 Å². The fourth-order valence-corrected chi connectivity index (χ4v) is 7.23. The van der Waals surface area contributed by atoms with E-state index in [0.29, 0.717) is 38.0 Å². The van der Waals surface area contributed by atoms with Gasteiger partial charge in [0.15, 0.2) is 0 Å². The molecule has 3 N–H and O–H groups in total. The SMILES string of the molecule is CCCNC(=O)[C@H]1[C@H]2C(=O)N(CCCCO)C(C(=O)Nc3ccc(N(CC)CC)cc3)C23CC(Br)[C@@H]1O3. The van der Waals surface area contributed by atoms with E-state index in [1.54, 1.807) is 4.90 Å². The van der Waals surface area contributed by atoms with Crippen LogP contribution in [0.2, 0.25) is 0 Å². The van der Waals surface area contributed by atoms with Crippen LogP contribution in [0.5, 0.6) is 0 Å². The lowest BCUT2D eigenvalue weighted by Crippen LogP contribution is -2.54. The van der Waals surface area contributed by atoms with E-state index in [-0.39, 0.29) is 29.2 Å². The van der Waals surface area contributed by atoms with Crippen LogP contribution in [0.1, 0.15) is 46.5 Å². The number of alkyl halides is 1. The minimum Gasteiger partial charge on any atom is -0.396 e. The van der Waals surface area contributed by atoms with Gasteiger partial charge in [-0.2, -0.15) is 0 Å². The van der Waals surface area contributed by atoms with Crippen LogP contribution in [0.3, 0.4) is 0 Å². The Labute approximate surface area is 227 Å². The second kappa shape index (κ2) is 11.7. The zero-order chi connectivity index (χ0) is 26.7. The molecular weight excluding hydrogens is 540 g/mol. The standard InChI is InChI=1S/C27H39BrN4O5/c1-4-13-29-24(34)20-21-26(36)32(14-7-8-15-33)23(27(21)16-19(28)22(20)37-27)25(35)30-17-9-11-18(12-10-17)31(5-2)6-3/h9-12,19-23,33H,4-8,13-16H2,1-3H3,(H,29,34)(H,30,35)/t19?,20-,21-,22-,23?,27?/m0/s1. The lowest BCUT2D eigenvalue weighted by Gasteiger charge is -2.34. The first-order chi connectivity index (χ1) is 17.8. The third-order valence-corrected chi connectivity index (χ3v) is 8.80. The van der Waals surface area contributed by atoms with Crippen LogP contribution < -0.4 is 15.5 Å². The molecule has 10 heteroatoms. The molecule has 0 aliphatic carbocycles. The number of fused-ring (bicyclic) bond motifs is 1. The molecular formula is C27H39BrN4O5. The summed E-state index contributed by atoms with van der Waals surface area (Å²) >= 11 is 3.68. The van der Waals surface area contributed by atoms with Gasteiger partial charge in [0, 0.05) is 49.0 Å². The zero-order valence-electron chi connectivity index (χ0n) is 21.9. The van der Waals surface area contributed by atoms with Crippen molar-refractivity contribution in [1.82, 2.24) is 10.2 Å². The number of aliphatic hydroxyl groups is 1. The van der Waals surface area contributed by atoms with Crippen LogP contribution in [0.25, 0.3) is 0 Å². The van der Waals surface area contributed by atoms with Gasteiger partial charge in [-0.25, -0.2) is 0 Å². The Kier molecular flexibility index (Phi) is 8.81. The summed E-state index contributed by atoms with van der Waals surface area (Å²) in [7, 11) is 0. The van der Waals surface area contributed by atoms with Crippen LogP contribution in [-0.2, 0) is 19.1 Å². The average Bonchev–Trinajstić information content (AvgIpc) is 3.48. The minimum atomic E-state index is -1.07. The van der Waals surface area contributed by atoms with E-state index < -0.39 is 29.6 Å². The third kappa shape index (κ3) is 5.00. The highest BCUT2D eigenvalue weighted by atomic mass is 79.9. The van der Waals surface area contributed by atoms with Gasteiger partial charge in [-0.3, -0.25) is 14.4 Å². The summed E-state index contributed by atoms with van der Waals surface area (Å²) in [6.45, 7) is 8.80. The van der Waals surface area contributed by atoms with Crippen molar-refractivity contribution in [3.05, 3.63) is 24.3 Å². The second-order valence-electron chi connectivity index (χ2n) is 10.1. The average molecular weight is 580 g/mol. The first kappa shape index (κ1) is 27.9. The van der Waals surface area contributed by atoms with E-state index in [0.717, 1.165) is 25.2 Å². The van der Waals surface area contributed by atoms with E-state index in [1.165, 1.54) is 0 Å². The fraction of sp³-hybridized carbons (Fsp3) is 0.667. The second-order valence-corrected chi connectivity index (χ2v) is 11.3. The molecule has 3 saturated heterocycles. The topological polar surface area (TPSA) is 111 Å². The van der Waals surface area contributed by atoms with Crippen molar-refractivity contribution in [3.63, 3.8) is 0 Å². The number of likely N-dealkylation sites (tertiary alicyclic amines) is 1. The highest BCUT2D eigenvalue weighted by Crippen LogP contribution is 2.60. The highest BCUT2D eigenvalue weighted by Gasteiger charge is 2.76. The molecule has 37 heavy (non-hydrogen) atoms. The Morgan fingerprint density at radius 2 is 1.86 bits per heavy atom. The van der Waals surface area contributed by atoms with Crippen LogP contribution >= 0.6 is 15.9 Å². The normalized spacial score (nSPS) is 29.9. The van der Waals surface area contributed by atoms with Crippen molar-refractivity contribution in [2.75, 3.05) is 43.0 Å². The van der Waals surface area contributed by atoms with Gasteiger partial charge in [0.25, 0.3) is 0 Å². The molecule has 9 nitrogen and oxygen atoms in total. The lowest BCUT2D eigenvalue weighted by atomic mass is 9.70. The van der Waals surface area contributed by atoms with Gasteiger partial charge in [-0.05, 0) is 63.8 Å². The van der Waals surface area contributed by atoms with Crippen LogP contribution in [0, 0.1) is 11.8 Å². The molecule has 3 fully saturated rings. The number of nitrogens with zero attached hydrogens (tertiary/aromatic N) is 2. The highest BCUT2D eigenvalue weighted by molar-refractivity contribution is 9.09. The van der Waals surface area contributed by atoms with E-state index in [4.69, 9.17) is 4.74 Å². The number of halogens is 1. The molecule has 0 aromatic heterocycles.